The van der Waals surface area contributed by atoms with Gasteiger partial charge in [-0.1, -0.05) is 0 Å². The molecule has 6 heteroatoms. The molecule has 0 radical (unpaired) electrons. The summed E-state index contributed by atoms with van der Waals surface area (Å²) in [6.07, 6.45) is 3.45. The molecule has 0 aromatic heterocycles. The summed E-state index contributed by atoms with van der Waals surface area (Å²) in [6.45, 7) is 2.89. The van der Waals surface area contributed by atoms with Crippen LogP contribution in [0, 0.1) is 0 Å². The van der Waals surface area contributed by atoms with E-state index in [0.29, 0.717) is 17.9 Å². The van der Waals surface area contributed by atoms with Crippen molar-refractivity contribution in [3.05, 3.63) is 29.8 Å². The van der Waals surface area contributed by atoms with E-state index in [1.165, 1.54) is 0 Å². The lowest BCUT2D eigenvalue weighted by molar-refractivity contribution is -0.129. The summed E-state index contributed by atoms with van der Waals surface area (Å²) in [5.74, 6) is -0.0805. The largest absolute Gasteiger partial charge is 0.491 e. The molecule has 0 unspecified atom stereocenters. The second-order valence-corrected chi connectivity index (χ2v) is 6.30. The van der Waals surface area contributed by atoms with Gasteiger partial charge in [-0.2, -0.15) is 0 Å². The minimum absolute atomic E-state index is 0.153. The number of rotatable bonds is 7. The summed E-state index contributed by atoms with van der Waals surface area (Å²) in [5, 5.41) is 2.81. The highest BCUT2D eigenvalue weighted by molar-refractivity contribution is 5.92. The van der Waals surface area contributed by atoms with Crippen molar-refractivity contribution >= 4 is 11.9 Å². The first-order valence-corrected chi connectivity index (χ1v) is 8.47. The van der Waals surface area contributed by atoms with Crippen molar-refractivity contribution < 1.29 is 23.8 Å². The molecule has 130 valence electrons. The molecule has 2 atom stereocenters. The zero-order valence-electron chi connectivity index (χ0n) is 13.8. The van der Waals surface area contributed by atoms with E-state index >= 15 is 0 Å². The summed E-state index contributed by atoms with van der Waals surface area (Å²) in [5.41, 5.74) is 0.394. The van der Waals surface area contributed by atoms with Crippen LogP contribution in [0.1, 0.15) is 43.0 Å². The van der Waals surface area contributed by atoms with Gasteiger partial charge < -0.3 is 19.5 Å². The fraction of sp³-hybridized carbons (Fsp3) is 0.556. The number of hydrogen-bond acceptors (Lipinski definition) is 5. The SMILES string of the molecule is C[C@H](OC(=O)c1ccc(OC[C@@H]2CCCO2)cc1)C(=O)NC1CC1. The van der Waals surface area contributed by atoms with Crippen LogP contribution in [-0.4, -0.2) is 43.3 Å². The van der Waals surface area contributed by atoms with Gasteiger partial charge in [-0.05, 0) is 56.9 Å². The Bertz CT molecular complexity index is 576. The summed E-state index contributed by atoms with van der Waals surface area (Å²) in [6, 6.07) is 6.97. The van der Waals surface area contributed by atoms with Crippen LogP contribution in [0.15, 0.2) is 24.3 Å². The predicted molar refractivity (Wildman–Crippen MR) is 87.0 cm³/mol. The van der Waals surface area contributed by atoms with Gasteiger partial charge in [0.05, 0.1) is 11.7 Å². The number of hydrogen-bond donors (Lipinski definition) is 1. The lowest BCUT2D eigenvalue weighted by Crippen LogP contribution is -2.37. The van der Waals surface area contributed by atoms with Crippen molar-refractivity contribution in [3.8, 4) is 5.75 Å². The number of amides is 1. The zero-order chi connectivity index (χ0) is 16.9. The molecule has 0 spiro atoms. The van der Waals surface area contributed by atoms with Gasteiger partial charge in [0.1, 0.15) is 12.4 Å². The summed E-state index contributed by atoms with van der Waals surface area (Å²) in [7, 11) is 0. The Morgan fingerprint density at radius 1 is 1.25 bits per heavy atom. The fourth-order valence-corrected chi connectivity index (χ4v) is 2.48. The Labute approximate surface area is 141 Å². The van der Waals surface area contributed by atoms with Crippen molar-refractivity contribution in [1.82, 2.24) is 5.32 Å². The molecule has 1 aromatic rings. The number of esters is 1. The summed E-state index contributed by atoms with van der Waals surface area (Å²) >= 11 is 0. The lowest BCUT2D eigenvalue weighted by atomic mass is 10.2. The van der Waals surface area contributed by atoms with E-state index in [1.54, 1.807) is 31.2 Å². The van der Waals surface area contributed by atoms with Crippen molar-refractivity contribution in [1.29, 1.82) is 0 Å². The quantitative estimate of drug-likeness (QED) is 0.773. The van der Waals surface area contributed by atoms with E-state index < -0.39 is 12.1 Å². The minimum Gasteiger partial charge on any atom is -0.491 e. The second-order valence-electron chi connectivity index (χ2n) is 6.30. The van der Waals surface area contributed by atoms with Crippen molar-refractivity contribution in [3.63, 3.8) is 0 Å². The van der Waals surface area contributed by atoms with Gasteiger partial charge in [0.25, 0.3) is 5.91 Å². The van der Waals surface area contributed by atoms with Gasteiger partial charge in [0.2, 0.25) is 0 Å². The maximum absolute atomic E-state index is 12.1. The summed E-state index contributed by atoms with van der Waals surface area (Å²) in [4.78, 5) is 23.9. The Morgan fingerprint density at radius 3 is 2.62 bits per heavy atom. The van der Waals surface area contributed by atoms with Crippen molar-refractivity contribution in [2.75, 3.05) is 13.2 Å². The summed E-state index contributed by atoms with van der Waals surface area (Å²) < 4.78 is 16.3. The molecule has 2 fully saturated rings. The molecule has 1 aliphatic carbocycles. The molecule has 1 aliphatic heterocycles. The highest BCUT2D eigenvalue weighted by Crippen LogP contribution is 2.19. The van der Waals surface area contributed by atoms with Gasteiger partial charge in [0.15, 0.2) is 6.10 Å². The van der Waals surface area contributed by atoms with Crippen LogP contribution in [0.4, 0.5) is 0 Å². The van der Waals surface area contributed by atoms with E-state index in [1.807, 2.05) is 0 Å². The molecule has 2 aliphatic rings. The predicted octanol–water partition coefficient (Wildman–Crippen LogP) is 2.07. The number of ether oxygens (including phenoxy) is 3. The molecule has 0 bridgehead atoms. The van der Waals surface area contributed by atoms with Gasteiger partial charge in [-0.3, -0.25) is 4.79 Å². The van der Waals surface area contributed by atoms with Gasteiger partial charge in [0, 0.05) is 12.6 Å². The molecule has 1 saturated carbocycles. The van der Waals surface area contributed by atoms with Gasteiger partial charge >= 0.3 is 5.97 Å². The van der Waals surface area contributed by atoms with Crippen molar-refractivity contribution in [2.24, 2.45) is 0 Å². The standard InChI is InChI=1S/C18H23NO5/c1-12(17(20)19-14-6-7-14)24-18(21)13-4-8-15(9-5-13)23-11-16-3-2-10-22-16/h4-5,8-9,12,14,16H,2-3,6-7,10-11H2,1H3,(H,19,20)/t12-,16-/m0/s1. The highest BCUT2D eigenvalue weighted by Gasteiger charge is 2.27. The number of carbonyl (C=O) groups excluding carboxylic acids is 2. The lowest BCUT2D eigenvalue weighted by Gasteiger charge is -2.14. The monoisotopic (exact) mass is 333 g/mol. The second kappa shape index (κ2) is 7.66. The van der Waals surface area contributed by atoms with Crippen LogP contribution >= 0.6 is 0 Å². The van der Waals surface area contributed by atoms with E-state index in [9.17, 15) is 9.59 Å². The van der Waals surface area contributed by atoms with Gasteiger partial charge in [-0.15, -0.1) is 0 Å². The molecule has 24 heavy (non-hydrogen) atoms. The highest BCUT2D eigenvalue weighted by atomic mass is 16.5. The molecular weight excluding hydrogens is 310 g/mol. The first-order chi connectivity index (χ1) is 11.6. The van der Waals surface area contributed by atoms with Gasteiger partial charge in [-0.25, -0.2) is 4.79 Å². The Morgan fingerprint density at radius 2 is 2.00 bits per heavy atom. The Hall–Kier alpha value is -2.08. The van der Waals surface area contributed by atoms with Crippen LogP contribution in [0.25, 0.3) is 0 Å². The molecule has 1 heterocycles. The molecule has 1 saturated heterocycles. The van der Waals surface area contributed by atoms with Crippen LogP contribution in [0.2, 0.25) is 0 Å². The van der Waals surface area contributed by atoms with Crippen LogP contribution in [0.3, 0.4) is 0 Å². The molecule has 6 nitrogen and oxygen atoms in total. The number of carbonyl (C=O) groups is 2. The Balaban J connectivity index is 1.46. The maximum Gasteiger partial charge on any atom is 0.338 e. The van der Waals surface area contributed by atoms with E-state index in [2.05, 4.69) is 5.32 Å². The van der Waals surface area contributed by atoms with E-state index in [-0.39, 0.29) is 18.1 Å². The van der Waals surface area contributed by atoms with E-state index in [0.717, 1.165) is 32.3 Å². The number of nitrogens with one attached hydrogen (secondary N) is 1. The van der Waals surface area contributed by atoms with Crippen LogP contribution in [-0.2, 0) is 14.3 Å². The average molecular weight is 333 g/mol. The average Bonchev–Trinajstić information content (AvgIpc) is 3.24. The minimum atomic E-state index is -0.798. The molecule has 1 amide bonds. The third kappa shape index (κ3) is 4.71. The maximum atomic E-state index is 12.1. The molecule has 3 rings (SSSR count). The van der Waals surface area contributed by atoms with Crippen molar-refractivity contribution in [2.45, 2.75) is 50.9 Å². The zero-order valence-corrected chi connectivity index (χ0v) is 13.8. The smallest absolute Gasteiger partial charge is 0.338 e. The molecule has 1 N–H and O–H groups in total. The third-order valence-corrected chi connectivity index (χ3v) is 4.13. The first kappa shape index (κ1) is 16.8. The third-order valence-electron chi connectivity index (χ3n) is 4.13. The molecular formula is C18H23NO5. The van der Waals surface area contributed by atoms with E-state index in [4.69, 9.17) is 14.2 Å². The normalized spacial score (nSPS) is 21.1. The molecule has 1 aromatic carbocycles. The Kier molecular flexibility index (Phi) is 5.35. The van der Waals surface area contributed by atoms with Crippen LogP contribution in [0.5, 0.6) is 5.75 Å². The topological polar surface area (TPSA) is 73.9 Å². The van der Waals surface area contributed by atoms with Crippen LogP contribution < -0.4 is 10.1 Å². The number of benzene rings is 1. The fourth-order valence-electron chi connectivity index (χ4n) is 2.48. The first-order valence-electron chi connectivity index (χ1n) is 8.47.